The van der Waals surface area contributed by atoms with Gasteiger partial charge in [0.1, 0.15) is 5.60 Å². The van der Waals surface area contributed by atoms with Crippen LogP contribution in [0.3, 0.4) is 0 Å². The lowest BCUT2D eigenvalue weighted by Gasteiger charge is -2.19. The number of aromatic nitrogens is 1. The molecule has 0 saturated carbocycles. The molecular weight excluding hydrogens is 497 g/mol. The summed E-state index contributed by atoms with van der Waals surface area (Å²) >= 11 is 8.48. The number of fused-ring (bicyclic) bond motifs is 3. The monoisotopic (exact) mass is 517 g/mol. The number of hydrogen-bond donors (Lipinski definition) is 2. The molecule has 8 heteroatoms. The van der Waals surface area contributed by atoms with E-state index in [0.29, 0.717) is 23.7 Å². The number of nitrogens with one attached hydrogen (secondary N) is 1. The van der Waals surface area contributed by atoms with Crippen molar-refractivity contribution in [2.75, 3.05) is 12.3 Å². The van der Waals surface area contributed by atoms with E-state index in [0.717, 1.165) is 27.4 Å². The summed E-state index contributed by atoms with van der Waals surface area (Å²) in [5, 5.41) is 5.63. The van der Waals surface area contributed by atoms with Crippen molar-refractivity contribution < 1.29 is 9.53 Å². The Bertz CT molecular complexity index is 1010. The van der Waals surface area contributed by atoms with Crippen LogP contribution in [0.4, 0.5) is 10.5 Å². The number of nitrogen functional groups attached to an aromatic ring is 1. The molecule has 0 saturated heterocycles. The molecule has 1 amide bonds. The minimum absolute atomic E-state index is 0.418. The van der Waals surface area contributed by atoms with E-state index in [1.54, 1.807) is 9.12 Å². The predicted molar refractivity (Wildman–Crippen MR) is 124 cm³/mol. The topological polar surface area (TPSA) is 69.3 Å². The van der Waals surface area contributed by atoms with E-state index >= 15 is 0 Å². The third-order valence-electron chi connectivity index (χ3n) is 4.01. The first-order valence-corrected chi connectivity index (χ1v) is 12.2. The average molecular weight is 518 g/mol. The molecule has 0 aliphatic carbocycles. The number of carbonyl (C=O) groups is 1. The van der Waals surface area contributed by atoms with Gasteiger partial charge in [0.15, 0.2) is 0 Å². The number of anilines is 1. The SMILES string of the molecule is CC(C)(C)OC(=O)NCCc1cc(N)cc2c3cc(Cl)ccc3n(SI)c12. The highest BCUT2D eigenvalue weighted by Gasteiger charge is 2.18. The fourth-order valence-corrected chi connectivity index (χ4v) is 4.98. The molecule has 0 aliphatic rings. The van der Waals surface area contributed by atoms with Gasteiger partial charge in [0.05, 0.1) is 11.0 Å². The molecule has 27 heavy (non-hydrogen) atoms. The molecule has 0 radical (unpaired) electrons. The Morgan fingerprint density at radius 1 is 1.30 bits per heavy atom. The fourth-order valence-electron chi connectivity index (χ4n) is 3.06. The van der Waals surface area contributed by atoms with E-state index in [2.05, 4.69) is 30.5 Å². The van der Waals surface area contributed by atoms with Crippen molar-refractivity contribution in [1.82, 2.24) is 9.29 Å². The molecule has 2 aromatic carbocycles. The molecule has 3 N–H and O–H groups in total. The molecule has 0 unspecified atom stereocenters. The highest BCUT2D eigenvalue weighted by Crippen LogP contribution is 2.38. The first-order chi connectivity index (χ1) is 12.7. The van der Waals surface area contributed by atoms with Gasteiger partial charge in [0.2, 0.25) is 0 Å². The Balaban J connectivity index is 1.96. The van der Waals surface area contributed by atoms with Crippen molar-refractivity contribution >= 4 is 75.5 Å². The van der Waals surface area contributed by atoms with Crippen LogP contribution >= 0.6 is 41.9 Å². The molecule has 1 heterocycles. The standard InChI is InChI=1S/C19H21ClIN3O2S/c1-19(2,3)26-18(25)23-7-6-11-8-13(22)10-15-14-9-12(20)4-5-16(14)24(27-21)17(11)15/h4-5,8-10H,6-7,22H2,1-3H3,(H,23,25). The second kappa shape index (κ2) is 7.97. The zero-order valence-electron chi connectivity index (χ0n) is 15.3. The minimum Gasteiger partial charge on any atom is -0.444 e. The molecule has 3 rings (SSSR count). The third-order valence-corrected chi connectivity index (χ3v) is 5.95. The second-order valence-electron chi connectivity index (χ2n) is 7.28. The summed E-state index contributed by atoms with van der Waals surface area (Å²) in [6, 6.07) is 9.80. The summed E-state index contributed by atoms with van der Waals surface area (Å²) in [6.45, 7) is 5.99. The maximum atomic E-state index is 11.9. The quantitative estimate of drug-likeness (QED) is 0.332. The van der Waals surface area contributed by atoms with Crippen LogP contribution in [0.5, 0.6) is 0 Å². The molecule has 3 aromatic rings. The van der Waals surface area contributed by atoms with E-state index in [-0.39, 0.29) is 0 Å². The van der Waals surface area contributed by atoms with Gasteiger partial charge < -0.3 is 15.8 Å². The summed E-state index contributed by atoms with van der Waals surface area (Å²) in [7, 11) is 1.60. The van der Waals surface area contributed by atoms with Crippen LogP contribution in [-0.4, -0.2) is 22.2 Å². The van der Waals surface area contributed by atoms with Crippen LogP contribution < -0.4 is 11.1 Å². The van der Waals surface area contributed by atoms with Gasteiger partial charge in [-0.05, 0) is 63.1 Å². The summed E-state index contributed by atoms with van der Waals surface area (Å²) < 4.78 is 7.46. The Labute approximate surface area is 179 Å². The number of benzene rings is 2. The van der Waals surface area contributed by atoms with Crippen LogP contribution in [0.15, 0.2) is 30.3 Å². The maximum Gasteiger partial charge on any atom is 0.407 e. The third kappa shape index (κ3) is 4.57. The zero-order valence-corrected chi connectivity index (χ0v) is 19.0. The van der Waals surface area contributed by atoms with Crippen molar-refractivity contribution in [3.8, 4) is 0 Å². The molecule has 144 valence electrons. The molecule has 1 aromatic heterocycles. The van der Waals surface area contributed by atoms with Crippen molar-refractivity contribution in [3.63, 3.8) is 0 Å². The number of rotatable bonds is 4. The Kier molecular flexibility index (Phi) is 6.02. The highest BCUT2D eigenvalue weighted by molar-refractivity contribution is 14.2. The smallest absolute Gasteiger partial charge is 0.407 e. The number of amides is 1. The lowest BCUT2D eigenvalue weighted by Crippen LogP contribution is -2.33. The van der Waals surface area contributed by atoms with Gasteiger partial charge >= 0.3 is 6.09 Å². The van der Waals surface area contributed by atoms with Gasteiger partial charge in [0, 0.05) is 58.4 Å². The van der Waals surface area contributed by atoms with E-state index in [9.17, 15) is 4.79 Å². The number of hydrogen-bond acceptors (Lipinski definition) is 4. The number of ether oxygens (including phenoxy) is 1. The van der Waals surface area contributed by atoms with Gasteiger partial charge in [-0.15, -0.1) is 0 Å². The molecule has 0 fully saturated rings. The zero-order chi connectivity index (χ0) is 19.8. The fraction of sp³-hybridized carbons (Fsp3) is 0.316. The number of carbonyl (C=O) groups excluding carboxylic acids is 1. The maximum absolute atomic E-state index is 11.9. The van der Waals surface area contributed by atoms with E-state index < -0.39 is 11.7 Å². The molecule has 0 aliphatic heterocycles. The Morgan fingerprint density at radius 2 is 2.04 bits per heavy atom. The summed E-state index contributed by atoms with van der Waals surface area (Å²) in [6.07, 6.45) is 0.223. The van der Waals surface area contributed by atoms with Crippen LogP contribution in [0.1, 0.15) is 26.3 Å². The lowest BCUT2D eigenvalue weighted by molar-refractivity contribution is 0.0528. The molecular formula is C19H21ClIN3O2S. The molecule has 0 atom stereocenters. The summed E-state index contributed by atoms with van der Waals surface area (Å²) in [5.41, 5.74) is 9.57. The predicted octanol–water partition coefficient (Wildman–Crippen LogP) is 5.94. The lowest BCUT2D eigenvalue weighted by atomic mass is 10.1. The van der Waals surface area contributed by atoms with Gasteiger partial charge in [-0.2, -0.15) is 0 Å². The first-order valence-electron chi connectivity index (χ1n) is 8.47. The van der Waals surface area contributed by atoms with E-state index in [4.69, 9.17) is 22.1 Å². The van der Waals surface area contributed by atoms with E-state index in [1.807, 2.05) is 51.1 Å². The number of nitrogens with zero attached hydrogens (tertiary/aromatic N) is 1. The van der Waals surface area contributed by atoms with Gasteiger partial charge in [-0.25, -0.2) is 4.79 Å². The van der Waals surface area contributed by atoms with Crippen molar-refractivity contribution in [3.05, 3.63) is 40.9 Å². The molecule has 0 bridgehead atoms. The number of alkyl carbamates (subject to hydrolysis) is 1. The van der Waals surface area contributed by atoms with Gasteiger partial charge in [-0.3, -0.25) is 3.97 Å². The summed E-state index contributed by atoms with van der Waals surface area (Å²) in [5.74, 6) is 0. The second-order valence-corrected chi connectivity index (χ2v) is 9.40. The largest absolute Gasteiger partial charge is 0.444 e. The van der Waals surface area contributed by atoms with Crippen LogP contribution in [0.25, 0.3) is 21.8 Å². The molecule has 5 nitrogen and oxygen atoms in total. The highest BCUT2D eigenvalue weighted by atomic mass is 127. The van der Waals surface area contributed by atoms with Crippen LogP contribution in [0.2, 0.25) is 5.02 Å². The minimum atomic E-state index is -0.516. The Morgan fingerprint density at radius 3 is 2.70 bits per heavy atom. The van der Waals surface area contributed by atoms with Crippen LogP contribution in [-0.2, 0) is 11.2 Å². The van der Waals surface area contributed by atoms with E-state index in [1.165, 1.54) is 0 Å². The first kappa shape index (κ1) is 20.4. The normalized spacial score (nSPS) is 11.9. The van der Waals surface area contributed by atoms with Crippen molar-refractivity contribution in [2.45, 2.75) is 32.8 Å². The molecule has 0 spiro atoms. The Hall–Kier alpha value is -1.32. The number of nitrogens with two attached hydrogens (primary N) is 1. The van der Waals surface area contributed by atoms with Crippen molar-refractivity contribution in [2.24, 2.45) is 0 Å². The van der Waals surface area contributed by atoms with Gasteiger partial charge in [0.25, 0.3) is 0 Å². The van der Waals surface area contributed by atoms with Crippen molar-refractivity contribution in [1.29, 1.82) is 0 Å². The number of halogens is 2. The van der Waals surface area contributed by atoms with Crippen LogP contribution in [0, 0.1) is 0 Å². The average Bonchev–Trinajstić information content (AvgIpc) is 2.86. The summed E-state index contributed by atoms with van der Waals surface area (Å²) in [4.78, 5) is 11.9. The van der Waals surface area contributed by atoms with Gasteiger partial charge in [-0.1, -0.05) is 11.6 Å².